The van der Waals surface area contributed by atoms with Gasteiger partial charge in [-0.15, -0.1) is 0 Å². The average Bonchev–Trinajstić information content (AvgIpc) is 2.57. The Hall–Kier alpha value is -2.02. The molecule has 1 fully saturated rings. The summed E-state index contributed by atoms with van der Waals surface area (Å²) in [6.07, 6.45) is 1.60. The molecule has 132 valence electrons. The van der Waals surface area contributed by atoms with Crippen LogP contribution in [0.4, 0.5) is 14.5 Å². The van der Waals surface area contributed by atoms with E-state index in [2.05, 4.69) is 5.32 Å². The Morgan fingerprint density at radius 2 is 2.12 bits per heavy atom. The van der Waals surface area contributed by atoms with Crippen molar-refractivity contribution in [1.82, 2.24) is 0 Å². The van der Waals surface area contributed by atoms with Crippen LogP contribution in [-0.2, 0) is 14.3 Å². The fourth-order valence-corrected chi connectivity index (χ4v) is 2.96. The van der Waals surface area contributed by atoms with E-state index in [1.54, 1.807) is 13.8 Å². The third-order valence-electron chi connectivity index (χ3n) is 4.37. The van der Waals surface area contributed by atoms with Gasteiger partial charge >= 0.3 is 5.97 Å². The van der Waals surface area contributed by atoms with Crippen LogP contribution in [0.1, 0.15) is 26.7 Å². The first-order chi connectivity index (χ1) is 11.4. The molecule has 24 heavy (non-hydrogen) atoms. The van der Waals surface area contributed by atoms with Crippen LogP contribution in [-0.4, -0.2) is 37.6 Å². The lowest BCUT2D eigenvalue weighted by Crippen LogP contribution is -3.18. The van der Waals surface area contributed by atoms with Crippen molar-refractivity contribution in [3.05, 3.63) is 29.8 Å². The van der Waals surface area contributed by atoms with E-state index in [-0.39, 0.29) is 23.5 Å². The van der Waals surface area contributed by atoms with Crippen molar-refractivity contribution < 1.29 is 28.0 Å². The van der Waals surface area contributed by atoms with Gasteiger partial charge in [0.05, 0.1) is 19.7 Å². The summed E-state index contributed by atoms with van der Waals surface area (Å²) in [5.41, 5.74) is 0.212. The number of quaternary nitrogens is 1. The Kier molecular flexibility index (Phi) is 6.25. The number of benzene rings is 1. The monoisotopic (exact) mass is 341 g/mol. The summed E-state index contributed by atoms with van der Waals surface area (Å²) in [7, 11) is 0. The van der Waals surface area contributed by atoms with Crippen LogP contribution in [0.5, 0.6) is 0 Å². The number of anilines is 1. The number of hydrogen-bond donors (Lipinski definition) is 2. The molecule has 5 nitrogen and oxygen atoms in total. The number of ether oxygens (including phenoxy) is 1. The van der Waals surface area contributed by atoms with Gasteiger partial charge in [0.15, 0.2) is 17.7 Å². The van der Waals surface area contributed by atoms with Gasteiger partial charge in [0, 0.05) is 11.8 Å². The minimum absolute atomic E-state index is 0.202. The number of rotatable bonds is 5. The second kappa shape index (κ2) is 8.19. The number of carbonyl (C=O) groups excluding carboxylic acids is 2. The van der Waals surface area contributed by atoms with Crippen molar-refractivity contribution in [3.8, 4) is 0 Å². The van der Waals surface area contributed by atoms with Gasteiger partial charge in [-0.05, 0) is 38.8 Å². The molecule has 0 saturated carbocycles. The molecule has 0 bridgehead atoms. The zero-order valence-corrected chi connectivity index (χ0v) is 13.9. The first kappa shape index (κ1) is 18.3. The first-order valence-corrected chi connectivity index (χ1v) is 8.19. The molecule has 1 unspecified atom stereocenters. The van der Waals surface area contributed by atoms with E-state index in [9.17, 15) is 18.4 Å². The van der Waals surface area contributed by atoms with Gasteiger partial charge in [-0.1, -0.05) is 0 Å². The van der Waals surface area contributed by atoms with Crippen molar-refractivity contribution in [2.75, 3.05) is 25.0 Å². The topological polar surface area (TPSA) is 59.8 Å². The Morgan fingerprint density at radius 3 is 2.79 bits per heavy atom. The predicted octanol–water partition coefficient (Wildman–Crippen LogP) is 1.15. The van der Waals surface area contributed by atoms with Gasteiger partial charge in [-0.25, -0.2) is 8.78 Å². The molecule has 3 atom stereocenters. The number of carbonyl (C=O) groups is 2. The maximum atomic E-state index is 13.2. The van der Waals surface area contributed by atoms with E-state index in [1.165, 1.54) is 6.07 Å². The molecule has 1 aromatic rings. The Balaban J connectivity index is 1.96. The fourth-order valence-electron chi connectivity index (χ4n) is 2.96. The van der Waals surface area contributed by atoms with Crippen molar-refractivity contribution >= 4 is 17.6 Å². The number of nitrogens with one attached hydrogen (secondary N) is 2. The van der Waals surface area contributed by atoms with Crippen molar-refractivity contribution in [2.24, 2.45) is 5.92 Å². The summed E-state index contributed by atoms with van der Waals surface area (Å²) >= 11 is 0. The Morgan fingerprint density at radius 1 is 1.38 bits per heavy atom. The number of halogens is 2. The Labute approximate surface area is 140 Å². The number of likely N-dealkylation sites (tertiary alicyclic amines) is 1. The fraction of sp³-hybridized carbons (Fsp3) is 0.529. The molecule has 1 heterocycles. The molecular weight excluding hydrogens is 318 g/mol. The molecular formula is C17H23F2N2O3+. The molecule has 0 spiro atoms. The molecule has 2 N–H and O–H groups in total. The van der Waals surface area contributed by atoms with Crippen LogP contribution in [0.25, 0.3) is 0 Å². The van der Waals surface area contributed by atoms with Gasteiger partial charge in [0.25, 0.3) is 5.91 Å². The van der Waals surface area contributed by atoms with Crippen molar-refractivity contribution in [1.29, 1.82) is 0 Å². The number of esters is 1. The largest absolute Gasteiger partial charge is 0.466 e. The maximum Gasteiger partial charge on any atom is 0.314 e. The highest BCUT2D eigenvalue weighted by Gasteiger charge is 2.34. The van der Waals surface area contributed by atoms with E-state index >= 15 is 0 Å². The van der Waals surface area contributed by atoms with Gasteiger partial charge in [0.1, 0.15) is 5.92 Å². The molecule has 1 aliphatic heterocycles. The lowest BCUT2D eigenvalue weighted by Gasteiger charge is -2.32. The van der Waals surface area contributed by atoms with E-state index in [0.29, 0.717) is 13.2 Å². The summed E-state index contributed by atoms with van der Waals surface area (Å²) in [5.74, 6) is -2.68. The minimum Gasteiger partial charge on any atom is -0.466 e. The van der Waals surface area contributed by atoms with Crippen LogP contribution < -0.4 is 10.2 Å². The molecule has 0 aliphatic carbocycles. The van der Waals surface area contributed by atoms with Crippen LogP contribution in [0, 0.1) is 17.6 Å². The Bertz CT molecular complexity index is 609. The summed E-state index contributed by atoms with van der Waals surface area (Å²) in [5, 5.41) is 2.59. The van der Waals surface area contributed by atoms with Crippen molar-refractivity contribution in [2.45, 2.75) is 32.7 Å². The molecule has 0 aromatic heterocycles. The minimum atomic E-state index is -1.01. The molecule has 2 rings (SSSR count). The third-order valence-corrected chi connectivity index (χ3v) is 4.37. The van der Waals surface area contributed by atoms with Gasteiger partial charge in [-0.3, -0.25) is 9.59 Å². The second-order valence-corrected chi connectivity index (χ2v) is 6.04. The quantitative estimate of drug-likeness (QED) is 0.790. The maximum absolute atomic E-state index is 13.2. The molecule has 7 heteroatoms. The highest BCUT2D eigenvalue weighted by Crippen LogP contribution is 2.14. The smallest absolute Gasteiger partial charge is 0.314 e. The first-order valence-electron chi connectivity index (χ1n) is 8.19. The third kappa shape index (κ3) is 4.50. The zero-order valence-electron chi connectivity index (χ0n) is 13.9. The highest BCUT2D eigenvalue weighted by molar-refractivity contribution is 5.93. The summed E-state index contributed by atoms with van der Waals surface area (Å²) in [6.45, 7) is 5.19. The van der Waals surface area contributed by atoms with Gasteiger partial charge in [-0.2, -0.15) is 0 Å². The normalized spacial score (nSPS) is 21.8. The van der Waals surface area contributed by atoms with E-state index in [0.717, 1.165) is 36.4 Å². The lowest BCUT2D eigenvalue weighted by molar-refractivity contribution is -0.921. The molecule has 1 amide bonds. The second-order valence-electron chi connectivity index (χ2n) is 6.04. The van der Waals surface area contributed by atoms with Crippen LogP contribution >= 0.6 is 0 Å². The van der Waals surface area contributed by atoms with Gasteiger partial charge in [0.2, 0.25) is 0 Å². The van der Waals surface area contributed by atoms with Gasteiger partial charge < -0.3 is 15.0 Å². The highest BCUT2D eigenvalue weighted by atomic mass is 19.2. The molecule has 1 aliphatic rings. The van der Waals surface area contributed by atoms with Crippen LogP contribution in [0.3, 0.4) is 0 Å². The summed E-state index contributed by atoms with van der Waals surface area (Å²) in [6, 6.07) is 2.83. The number of hydrogen-bond acceptors (Lipinski definition) is 3. The average molecular weight is 341 g/mol. The summed E-state index contributed by atoms with van der Waals surface area (Å²) in [4.78, 5) is 25.2. The lowest BCUT2D eigenvalue weighted by atomic mass is 9.97. The van der Waals surface area contributed by atoms with E-state index < -0.39 is 17.7 Å². The van der Waals surface area contributed by atoms with E-state index in [4.69, 9.17) is 4.74 Å². The van der Waals surface area contributed by atoms with Crippen LogP contribution in [0.15, 0.2) is 18.2 Å². The van der Waals surface area contributed by atoms with Crippen molar-refractivity contribution in [3.63, 3.8) is 0 Å². The molecule has 0 radical (unpaired) electrons. The molecule has 1 saturated heterocycles. The number of piperidine rings is 1. The number of amides is 1. The zero-order chi connectivity index (χ0) is 17.7. The van der Waals surface area contributed by atoms with E-state index in [1.807, 2.05) is 0 Å². The van der Waals surface area contributed by atoms with Crippen LogP contribution in [0.2, 0.25) is 0 Å². The SMILES string of the molecule is CCOC(=O)[C@@H]1CCC[NH+]([C@@H](C)C(=O)Nc2ccc(F)c(F)c2)C1. The predicted molar refractivity (Wildman–Crippen MR) is 84.5 cm³/mol. The summed E-state index contributed by atoms with van der Waals surface area (Å²) < 4.78 is 31.2. The standard InChI is InChI=1S/C17H22F2N2O3/c1-3-24-17(23)12-5-4-8-21(10-12)11(2)16(22)20-13-6-7-14(18)15(19)9-13/h6-7,9,11-12H,3-5,8,10H2,1-2H3,(H,20,22)/p+1/t11-,12+/m0/s1. The molecule has 1 aromatic carbocycles.